The Hall–Kier alpha value is -1.82. The van der Waals surface area contributed by atoms with Crippen LogP contribution in [0.3, 0.4) is 0 Å². The minimum Gasteiger partial charge on any atom is -0.458 e. The number of carbonyl (C=O) groups excluding carboxylic acids is 3. The van der Waals surface area contributed by atoms with Gasteiger partial charge in [0.2, 0.25) is 0 Å². The molecule has 0 aromatic heterocycles. The number of carbonyl (C=O) groups is 3. The van der Waals surface area contributed by atoms with E-state index in [2.05, 4.69) is 4.74 Å². The molecule has 3 fully saturated rings. The van der Waals surface area contributed by atoms with Gasteiger partial charge in [0, 0.05) is 11.8 Å². The van der Waals surface area contributed by atoms with E-state index in [1.54, 1.807) is 0 Å². The second-order valence-corrected chi connectivity index (χ2v) is 7.39. The van der Waals surface area contributed by atoms with Crippen LogP contribution < -0.4 is 0 Å². The van der Waals surface area contributed by atoms with Gasteiger partial charge in [-0.05, 0) is 12.8 Å². The molecule has 3 aliphatic rings. The summed E-state index contributed by atoms with van der Waals surface area (Å²) < 4.78 is 68.9. The third kappa shape index (κ3) is 2.53. The first kappa shape index (κ1) is 17.0. The molecule has 134 valence electrons. The second-order valence-electron chi connectivity index (χ2n) is 5.93. The number of fused-ring (bicyclic) bond motifs is 1. The van der Waals surface area contributed by atoms with Gasteiger partial charge in [-0.1, -0.05) is 0 Å². The monoisotopic (exact) mass is 370 g/mol. The van der Waals surface area contributed by atoms with Crippen LogP contribution in [-0.2, 0) is 38.7 Å². The predicted octanol–water partition coefficient (Wildman–Crippen LogP) is -0.497. The highest BCUT2D eigenvalue weighted by Crippen LogP contribution is 2.55. The van der Waals surface area contributed by atoms with E-state index in [-0.39, 0.29) is 23.7 Å². The first-order valence-electron chi connectivity index (χ1n) is 6.94. The third-order valence-electron chi connectivity index (χ3n) is 4.56. The molecule has 2 saturated carbocycles. The molecule has 0 radical (unpaired) electrons. The molecule has 1 heterocycles. The quantitative estimate of drug-likeness (QED) is 0.386. The van der Waals surface area contributed by atoms with Crippen molar-refractivity contribution in [3.05, 3.63) is 0 Å². The van der Waals surface area contributed by atoms with Crippen molar-refractivity contribution < 1.29 is 50.3 Å². The van der Waals surface area contributed by atoms with Crippen LogP contribution in [0.1, 0.15) is 12.8 Å². The molecule has 0 spiro atoms. The third-order valence-corrected chi connectivity index (χ3v) is 5.38. The summed E-state index contributed by atoms with van der Waals surface area (Å²) in [5.74, 6) is -4.50. The summed E-state index contributed by atoms with van der Waals surface area (Å²) >= 11 is 0. The SMILES string of the molecule is O=C(COC(=O)C(F)(F)S(=O)(=O)O)OC1C2OC(=O)C3C[C@@H]1CC32. The van der Waals surface area contributed by atoms with Gasteiger partial charge < -0.3 is 14.2 Å². The highest BCUT2D eigenvalue weighted by atomic mass is 32.2. The summed E-state index contributed by atoms with van der Waals surface area (Å²) in [6.07, 6.45) is -0.204. The zero-order valence-corrected chi connectivity index (χ0v) is 12.7. The van der Waals surface area contributed by atoms with Gasteiger partial charge in [-0.2, -0.15) is 17.2 Å². The van der Waals surface area contributed by atoms with Gasteiger partial charge in [0.05, 0.1) is 5.92 Å². The summed E-state index contributed by atoms with van der Waals surface area (Å²) in [4.78, 5) is 34.1. The smallest absolute Gasteiger partial charge is 0.458 e. The standard InChI is InChI=1S/C12H12F2O9S/c13-12(14,24(18,19)20)11(17)21-3-7(15)22-8-4-1-5-6(2-4)10(16)23-9(5)8/h4-6,8-9H,1-3H2,(H,18,19,20)/t4-,5?,6?,8?,9?/m0/s1. The number of hydrogen-bond acceptors (Lipinski definition) is 8. The molecule has 2 bridgehead atoms. The molecule has 1 saturated heterocycles. The number of esters is 3. The molecule has 4 unspecified atom stereocenters. The van der Waals surface area contributed by atoms with Gasteiger partial charge >= 0.3 is 33.3 Å². The first-order valence-corrected chi connectivity index (χ1v) is 8.38. The van der Waals surface area contributed by atoms with Crippen LogP contribution in [0.25, 0.3) is 0 Å². The van der Waals surface area contributed by atoms with Gasteiger partial charge in [0.25, 0.3) is 0 Å². The van der Waals surface area contributed by atoms with Crippen LogP contribution in [0, 0.1) is 17.8 Å². The maximum atomic E-state index is 12.9. The van der Waals surface area contributed by atoms with E-state index in [1.807, 2.05) is 0 Å². The molecule has 3 rings (SSSR count). The molecule has 0 aromatic carbocycles. The highest BCUT2D eigenvalue weighted by molar-refractivity contribution is 7.87. The molecule has 1 aliphatic heterocycles. The van der Waals surface area contributed by atoms with E-state index in [4.69, 9.17) is 14.0 Å². The number of hydrogen-bond donors (Lipinski definition) is 1. The van der Waals surface area contributed by atoms with Crippen LogP contribution in [0.5, 0.6) is 0 Å². The summed E-state index contributed by atoms with van der Waals surface area (Å²) in [5, 5.41) is -5.19. The summed E-state index contributed by atoms with van der Waals surface area (Å²) in [7, 11) is -6.01. The number of rotatable bonds is 5. The van der Waals surface area contributed by atoms with Crippen LogP contribution >= 0.6 is 0 Å². The van der Waals surface area contributed by atoms with E-state index in [0.717, 1.165) is 0 Å². The predicted molar refractivity (Wildman–Crippen MR) is 66.9 cm³/mol. The van der Waals surface area contributed by atoms with Gasteiger partial charge in [0.15, 0.2) is 6.61 Å². The normalized spacial score (nSPS) is 34.1. The van der Waals surface area contributed by atoms with E-state index in [1.165, 1.54) is 0 Å². The largest absolute Gasteiger partial charge is 0.465 e. The Morgan fingerprint density at radius 2 is 2.00 bits per heavy atom. The zero-order valence-electron chi connectivity index (χ0n) is 11.9. The fraction of sp³-hybridized carbons (Fsp3) is 0.750. The molecule has 1 N–H and O–H groups in total. The van der Waals surface area contributed by atoms with Gasteiger partial charge in [-0.15, -0.1) is 0 Å². The molecule has 12 heteroatoms. The minimum absolute atomic E-state index is 0.0493. The highest BCUT2D eigenvalue weighted by Gasteiger charge is 2.63. The van der Waals surface area contributed by atoms with Crippen molar-refractivity contribution in [1.82, 2.24) is 0 Å². The van der Waals surface area contributed by atoms with Crippen molar-refractivity contribution in [3.63, 3.8) is 0 Å². The van der Waals surface area contributed by atoms with Gasteiger partial charge in [-0.3, -0.25) is 9.35 Å². The Morgan fingerprint density at radius 1 is 1.33 bits per heavy atom. The fourth-order valence-electron chi connectivity index (χ4n) is 3.56. The Morgan fingerprint density at radius 3 is 2.62 bits per heavy atom. The number of alkyl halides is 2. The summed E-state index contributed by atoms with van der Waals surface area (Å²) in [6.45, 7) is -1.26. The fourth-order valence-corrected chi connectivity index (χ4v) is 3.83. The molecule has 24 heavy (non-hydrogen) atoms. The maximum absolute atomic E-state index is 12.9. The average Bonchev–Trinajstić information content (AvgIpc) is 3.08. The molecule has 2 aliphatic carbocycles. The molecule has 0 aromatic rings. The Kier molecular flexibility index (Phi) is 3.79. The van der Waals surface area contributed by atoms with Crippen LogP contribution in [0.2, 0.25) is 0 Å². The van der Waals surface area contributed by atoms with Crippen LogP contribution in [0.15, 0.2) is 0 Å². The zero-order chi connectivity index (χ0) is 17.9. The molecule has 0 amide bonds. The van der Waals surface area contributed by atoms with Crippen molar-refractivity contribution in [2.24, 2.45) is 17.8 Å². The lowest BCUT2D eigenvalue weighted by Crippen LogP contribution is -2.41. The van der Waals surface area contributed by atoms with Crippen molar-refractivity contribution in [2.45, 2.75) is 30.3 Å². The van der Waals surface area contributed by atoms with Gasteiger partial charge in [0.1, 0.15) is 12.2 Å². The van der Waals surface area contributed by atoms with E-state index in [0.29, 0.717) is 12.8 Å². The number of halogens is 2. The van der Waals surface area contributed by atoms with Crippen molar-refractivity contribution in [2.75, 3.05) is 6.61 Å². The summed E-state index contributed by atoms with van der Waals surface area (Å²) in [5.41, 5.74) is 0. The molecule has 5 atom stereocenters. The van der Waals surface area contributed by atoms with Gasteiger partial charge in [-0.25, -0.2) is 9.59 Å². The molecule has 9 nitrogen and oxygen atoms in total. The van der Waals surface area contributed by atoms with Crippen molar-refractivity contribution >= 4 is 28.0 Å². The van der Waals surface area contributed by atoms with E-state index < -0.39 is 46.1 Å². The lowest BCUT2D eigenvalue weighted by molar-refractivity contribution is -0.175. The van der Waals surface area contributed by atoms with E-state index >= 15 is 0 Å². The summed E-state index contributed by atoms with van der Waals surface area (Å²) in [6, 6.07) is 0. The van der Waals surface area contributed by atoms with E-state index in [9.17, 15) is 31.6 Å². The second kappa shape index (κ2) is 5.34. The molecular formula is C12H12F2O9S. The van der Waals surface area contributed by atoms with Crippen LogP contribution in [-0.4, -0.2) is 54.9 Å². The lowest BCUT2D eigenvalue weighted by atomic mass is 9.88. The first-order chi connectivity index (χ1) is 11.0. The van der Waals surface area contributed by atoms with Crippen molar-refractivity contribution in [3.8, 4) is 0 Å². The Balaban J connectivity index is 1.54. The minimum atomic E-state index is -6.01. The Labute approximate surface area is 134 Å². The number of ether oxygens (including phenoxy) is 3. The van der Waals surface area contributed by atoms with Crippen molar-refractivity contribution in [1.29, 1.82) is 0 Å². The lowest BCUT2D eigenvalue weighted by Gasteiger charge is -2.25. The average molecular weight is 370 g/mol. The topological polar surface area (TPSA) is 133 Å². The molecular weight excluding hydrogens is 358 g/mol. The Bertz CT molecular complexity index is 703. The van der Waals surface area contributed by atoms with Crippen LogP contribution in [0.4, 0.5) is 8.78 Å². The maximum Gasteiger partial charge on any atom is 0.465 e.